The molecule has 2 atom stereocenters. The highest BCUT2D eigenvalue weighted by molar-refractivity contribution is 6.10. The van der Waals surface area contributed by atoms with Gasteiger partial charge in [-0.3, -0.25) is 9.59 Å². The largest absolute Gasteiger partial charge is 0.466 e. The first-order chi connectivity index (χ1) is 14.9. The van der Waals surface area contributed by atoms with Crippen molar-refractivity contribution in [2.24, 2.45) is 11.3 Å². The average molecular weight is 416 g/mol. The highest BCUT2D eigenvalue weighted by atomic mass is 19.1. The van der Waals surface area contributed by atoms with Crippen LogP contribution in [0.4, 0.5) is 4.39 Å². The molecule has 1 aliphatic carbocycles. The van der Waals surface area contributed by atoms with E-state index in [-0.39, 0.29) is 24.4 Å². The number of rotatable bonds is 6. The number of hydrogen-bond acceptors (Lipinski definition) is 5. The van der Waals surface area contributed by atoms with Crippen molar-refractivity contribution in [2.75, 3.05) is 6.61 Å². The maximum absolute atomic E-state index is 13.5. The minimum atomic E-state index is -1.71. The molecule has 0 spiro atoms. The van der Waals surface area contributed by atoms with Gasteiger partial charge in [0.05, 0.1) is 25.2 Å². The van der Waals surface area contributed by atoms with Crippen molar-refractivity contribution in [3.63, 3.8) is 0 Å². The molecule has 31 heavy (non-hydrogen) atoms. The third kappa shape index (κ3) is 4.11. The number of aryl methyl sites for hydroxylation is 1. The van der Waals surface area contributed by atoms with Crippen molar-refractivity contribution in [3.05, 3.63) is 82.7 Å². The number of allylic oxidation sites excluding steroid dienone is 2. The molecule has 0 saturated heterocycles. The Bertz CT molecular complexity index is 1090. The van der Waals surface area contributed by atoms with E-state index in [1.54, 1.807) is 37.3 Å². The summed E-state index contributed by atoms with van der Waals surface area (Å²) in [5.74, 6) is -3.15. The maximum atomic E-state index is 13.5. The molecule has 0 aliphatic heterocycles. The zero-order chi connectivity index (χ0) is 22.6. The number of nitriles is 2. The van der Waals surface area contributed by atoms with Crippen molar-refractivity contribution >= 4 is 11.8 Å². The van der Waals surface area contributed by atoms with Crippen LogP contribution >= 0.6 is 0 Å². The molecule has 0 N–H and O–H groups in total. The van der Waals surface area contributed by atoms with E-state index in [0.29, 0.717) is 11.1 Å². The normalized spacial score (nSPS) is 19.1. The molecule has 1 aliphatic rings. The fraction of sp³-hybridized carbons (Fsp3) is 0.280. The highest BCUT2D eigenvalue weighted by Gasteiger charge is 2.55. The second kappa shape index (κ2) is 8.93. The van der Waals surface area contributed by atoms with Crippen LogP contribution in [0.5, 0.6) is 0 Å². The van der Waals surface area contributed by atoms with Crippen LogP contribution in [0.2, 0.25) is 0 Å². The van der Waals surface area contributed by atoms with E-state index in [2.05, 4.69) is 12.1 Å². The van der Waals surface area contributed by atoms with Gasteiger partial charge < -0.3 is 4.74 Å². The Balaban J connectivity index is 2.15. The van der Waals surface area contributed by atoms with Gasteiger partial charge in [-0.1, -0.05) is 48.0 Å². The SMILES string of the molecule is CCOC(=O)C[C@H]1C=C(C(=O)c2ccc(C)cc2)[C@H](c2ccc(F)cc2)C1(C#N)C#N. The number of ketones is 1. The molecule has 6 heteroatoms. The summed E-state index contributed by atoms with van der Waals surface area (Å²) in [5, 5.41) is 20.2. The monoisotopic (exact) mass is 416 g/mol. The molecular weight excluding hydrogens is 395 g/mol. The standard InChI is InChI=1S/C25H21FN2O3/c1-3-31-22(29)13-19-12-21(24(30)18-6-4-16(2)5-7-18)23(25(19,14-27)15-28)17-8-10-20(26)11-9-17/h4-12,19,23H,3,13H2,1-2H3/t19-,23+/m1/s1. The predicted molar refractivity (Wildman–Crippen MR) is 111 cm³/mol. The molecule has 0 aromatic heterocycles. The predicted octanol–water partition coefficient (Wildman–Crippen LogP) is 4.64. The van der Waals surface area contributed by atoms with Crippen LogP contribution in [-0.4, -0.2) is 18.4 Å². The molecule has 2 aromatic rings. The summed E-state index contributed by atoms with van der Waals surface area (Å²) in [4.78, 5) is 25.6. The molecule has 0 unspecified atom stereocenters. The van der Waals surface area contributed by atoms with E-state index >= 15 is 0 Å². The van der Waals surface area contributed by atoms with Crippen molar-refractivity contribution in [3.8, 4) is 12.1 Å². The van der Waals surface area contributed by atoms with Crippen LogP contribution in [-0.2, 0) is 9.53 Å². The smallest absolute Gasteiger partial charge is 0.306 e. The molecule has 0 bridgehead atoms. The summed E-state index contributed by atoms with van der Waals surface area (Å²) in [5.41, 5.74) is 0.386. The number of carbonyl (C=O) groups is 2. The summed E-state index contributed by atoms with van der Waals surface area (Å²) < 4.78 is 18.6. The molecule has 0 amide bonds. The second-order valence-electron chi connectivity index (χ2n) is 7.51. The van der Waals surface area contributed by atoms with Crippen LogP contribution in [0, 0.1) is 46.7 Å². The molecule has 2 aromatic carbocycles. The van der Waals surface area contributed by atoms with Gasteiger partial charge in [-0.05, 0) is 31.5 Å². The quantitative estimate of drug-likeness (QED) is 0.505. The lowest BCUT2D eigenvalue weighted by Gasteiger charge is -2.29. The lowest BCUT2D eigenvalue weighted by atomic mass is 9.68. The molecule has 5 nitrogen and oxygen atoms in total. The summed E-state index contributed by atoms with van der Waals surface area (Å²) >= 11 is 0. The minimum absolute atomic E-state index is 0.165. The summed E-state index contributed by atoms with van der Waals surface area (Å²) in [7, 11) is 0. The number of hydrogen-bond donors (Lipinski definition) is 0. The molecule has 156 valence electrons. The van der Waals surface area contributed by atoms with Crippen LogP contribution in [0.3, 0.4) is 0 Å². The van der Waals surface area contributed by atoms with Crippen LogP contribution in [0.1, 0.15) is 40.7 Å². The summed E-state index contributed by atoms with van der Waals surface area (Å²) in [6.07, 6.45) is 1.33. The number of nitrogens with zero attached hydrogens (tertiary/aromatic N) is 2. The fourth-order valence-electron chi connectivity index (χ4n) is 4.02. The lowest BCUT2D eigenvalue weighted by Crippen LogP contribution is -2.32. The van der Waals surface area contributed by atoms with Gasteiger partial charge in [0.25, 0.3) is 0 Å². The van der Waals surface area contributed by atoms with Crippen molar-refractivity contribution in [1.82, 2.24) is 0 Å². The number of esters is 1. The molecule has 3 rings (SSSR count). The van der Waals surface area contributed by atoms with Gasteiger partial charge in [-0.2, -0.15) is 10.5 Å². The Hall–Kier alpha value is -3.77. The van der Waals surface area contributed by atoms with Crippen LogP contribution in [0.15, 0.2) is 60.2 Å². The molecular formula is C25H21FN2O3. The van der Waals surface area contributed by atoms with Crippen molar-refractivity contribution < 1.29 is 18.7 Å². The Morgan fingerprint density at radius 2 is 1.68 bits per heavy atom. The van der Waals surface area contributed by atoms with Gasteiger partial charge in [-0.15, -0.1) is 0 Å². The second-order valence-corrected chi connectivity index (χ2v) is 7.51. The van der Waals surface area contributed by atoms with E-state index in [0.717, 1.165) is 5.56 Å². The van der Waals surface area contributed by atoms with Crippen molar-refractivity contribution in [2.45, 2.75) is 26.2 Å². The zero-order valence-corrected chi connectivity index (χ0v) is 17.3. The third-order valence-corrected chi connectivity index (χ3v) is 5.57. The number of ether oxygens (including phenoxy) is 1. The maximum Gasteiger partial charge on any atom is 0.306 e. The Kier molecular flexibility index (Phi) is 6.32. The summed E-state index contributed by atoms with van der Waals surface area (Å²) in [6, 6.07) is 16.5. The van der Waals surface area contributed by atoms with Gasteiger partial charge in [0.1, 0.15) is 5.82 Å². The van der Waals surface area contributed by atoms with E-state index in [9.17, 15) is 24.5 Å². The first-order valence-electron chi connectivity index (χ1n) is 9.93. The van der Waals surface area contributed by atoms with E-state index in [4.69, 9.17) is 4.74 Å². The first kappa shape index (κ1) is 21.9. The number of Topliss-reactive ketones (excluding diaryl/α,β-unsaturated/α-hetero) is 1. The average Bonchev–Trinajstić information content (AvgIpc) is 3.08. The molecule has 0 fully saturated rings. The summed E-state index contributed by atoms with van der Waals surface area (Å²) in [6.45, 7) is 3.73. The zero-order valence-electron chi connectivity index (χ0n) is 17.3. The molecule has 0 radical (unpaired) electrons. The third-order valence-electron chi connectivity index (χ3n) is 5.57. The van der Waals surface area contributed by atoms with Gasteiger partial charge >= 0.3 is 5.97 Å². The number of carbonyl (C=O) groups excluding carboxylic acids is 2. The van der Waals surface area contributed by atoms with Crippen molar-refractivity contribution in [1.29, 1.82) is 10.5 Å². The van der Waals surface area contributed by atoms with Gasteiger partial charge in [-0.25, -0.2) is 4.39 Å². The van der Waals surface area contributed by atoms with Gasteiger partial charge in [0.2, 0.25) is 0 Å². The highest BCUT2D eigenvalue weighted by Crippen LogP contribution is 2.54. The fourth-order valence-corrected chi connectivity index (χ4v) is 4.02. The first-order valence-corrected chi connectivity index (χ1v) is 9.93. The number of benzene rings is 2. The minimum Gasteiger partial charge on any atom is -0.466 e. The lowest BCUT2D eigenvalue weighted by molar-refractivity contribution is -0.144. The van der Waals surface area contributed by atoms with Gasteiger partial charge in [0, 0.05) is 23.0 Å². The van der Waals surface area contributed by atoms with E-state index in [1.165, 1.54) is 24.3 Å². The van der Waals surface area contributed by atoms with Crippen LogP contribution < -0.4 is 0 Å². The number of halogens is 1. The Morgan fingerprint density at radius 3 is 2.23 bits per heavy atom. The van der Waals surface area contributed by atoms with Crippen LogP contribution in [0.25, 0.3) is 0 Å². The Morgan fingerprint density at radius 1 is 1.06 bits per heavy atom. The van der Waals surface area contributed by atoms with Gasteiger partial charge in [0.15, 0.2) is 11.2 Å². The van der Waals surface area contributed by atoms with E-state index < -0.39 is 29.0 Å². The topological polar surface area (TPSA) is 90.9 Å². The Labute approximate surface area is 180 Å². The molecule has 0 saturated carbocycles. The van der Waals surface area contributed by atoms with E-state index in [1.807, 2.05) is 6.92 Å². The molecule has 0 heterocycles.